The van der Waals surface area contributed by atoms with E-state index in [1.165, 1.54) is 12.8 Å². The molecule has 0 aliphatic carbocycles. The van der Waals surface area contributed by atoms with E-state index < -0.39 is 0 Å². The molecule has 1 unspecified atom stereocenters. The second-order valence-corrected chi connectivity index (χ2v) is 3.60. The standard InChI is InChI=1S/C10H16ClN/c1-3-4-7-12-8-5-6-10(11)9(12)2/h5-6,8-9H,3-4,7H2,1-2H3. The molecule has 0 spiro atoms. The predicted octanol–water partition coefficient (Wildman–Crippen LogP) is 3.13. The van der Waals surface area contributed by atoms with Gasteiger partial charge in [-0.15, -0.1) is 0 Å². The van der Waals surface area contributed by atoms with Crippen molar-refractivity contribution in [1.29, 1.82) is 0 Å². The third kappa shape index (κ3) is 2.28. The van der Waals surface area contributed by atoms with Crippen molar-refractivity contribution in [1.82, 2.24) is 4.90 Å². The summed E-state index contributed by atoms with van der Waals surface area (Å²) in [5.41, 5.74) is 0. The number of halogens is 1. The summed E-state index contributed by atoms with van der Waals surface area (Å²) >= 11 is 6.01. The fraction of sp³-hybridized carbons (Fsp3) is 0.600. The highest BCUT2D eigenvalue weighted by Crippen LogP contribution is 2.19. The van der Waals surface area contributed by atoms with Gasteiger partial charge in [0.25, 0.3) is 0 Å². The van der Waals surface area contributed by atoms with Gasteiger partial charge in [0.2, 0.25) is 0 Å². The molecule has 1 atom stereocenters. The summed E-state index contributed by atoms with van der Waals surface area (Å²) < 4.78 is 0. The summed E-state index contributed by atoms with van der Waals surface area (Å²) in [6, 6.07) is 0.364. The van der Waals surface area contributed by atoms with E-state index in [2.05, 4.69) is 24.9 Å². The zero-order chi connectivity index (χ0) is 8.97. The van der Waals surface area contributed by atoms with Gasteiger partial charge < -0.3 is 4.90 Å². The summed E-state index contributed by atoms with van der Waals surface area (Å²) in [7, 11) is 0. The second kappa shape index (κ2) is 4.56. The predicted molar refractivity (Wildman–Crippen MR) is 54.2 cm³/mol. The minimum Gasteiger partial charge on any atom is -0.370 e. The maximum absolute atomic E-state index is 6.01. The monoisotopic (exact) mass is 185 g/mol. The first-order chi connectivity index (χ1) is 5.75. The van der Waals surface area contributed by atoms with Crippen LogP contribution in [0.25, 0.3) is 0 Å². The molecule has 1 nitrogen and oxygen atoms in total. The molecule has 1 aliphatic heterocycles. The maximum atomic E-state index is 6.01. The van der Waals surface area contributed by atoms with Gasteiger partial charge in [-0.25, -0.2) is 0 Å². The zero-order valence-corrected chi connectivity index (χ0v) is 8.51. The van der Waals surface area contributed by atoms with Crippen molar-refractivity contribution in [2.75, 3.05) is 6.54 Å². The number of rotatable bonds is 3. The molecule has 2 heteroatoms. The van der Waals surface area contributed by atoms with Crippen LogP contribution in [0.5, 0.6) is 0 Å². The Hall–Kier alpha value is -0.430. The Morgan fingerprint density at radius 1 is 1.58 bits per heavy atom. The Bertz CT molecular complexity index is 196. The average molecular weight is 186 g/mol. The van der Waals surface area contributed by atoms with Crippen LogP contribution in [0, 0.1) is 0 Å². The summed E-state index contributed by atoms with van der Waals surface area (Å²) in [4.78, 5) is 2.28. The van der Waals surface area contributed by atoms with Gasteiger partial charge in [0.1, 0.15) is 0 Å². The fourth-order valence-electron chi connectivity index (χ4n) is 1.28. The topological polar surface area (TPSA) is 3.24 Å². The molecule has 0 radical (unpaired) electrons. The van der Waals surface area contributed by atoms with Crippen LogP contribution in [0.4, 0.5) is 0 Å². The van der Waals surface area contributed by atoms with Crippen LogP contribution >= 0.6 is 11.6 Å². The first kappa shape index (κ1) is 9.66. The van der Waals surface area contributed by atoms with Gasteiger partial charge in [0, 0.05) is 11.6 Å². The highest BCUT2D eigenvalue weighted by molar-refractivity contribution is 6.30. The Morgan fingerprint density at radius 3 is 3.00 bits per heavy atom. The number of nitrogens with zero attached hydrogens (tertiary/aromatic N) is 1. The molecule has 0 amide bonds. The molecular formula is C10H16ClN. The highest BCUT2D eigenvalue weighted by atomic mass is 35.5. The van der Waals surface area contributed by atoms with Crippen LogP contribution in [0.1, 0.15) is 26.7 Å². The lowest BCUT2D eigenvalue weighted by atomic mass is 10.2. The second-order valence-electron chi connectivity index (χ2n) is 3.16. The summed E-state index contributed by atoms with van der Waals surface area (Å²) in [5, 5.41) is 0.939. The van der Waals surface area contributed by atoms with Crippen molar-refractivity contribution in [3.8, 4) is 0 Å². The van der Waals surface area contributed by atoms with E-state index in [0.29, 0.717) is 6.04 Å². The SMILES string of the molecule is CCCCN1C=CC=C(Cl)C1C. The van der Waals surface area contributed by atoms with Gasteiger partial charge in [0.05, 0.1) is 6.04 Å². The van der Waals surface area contributed by atoms with Crippen LogP contribution in [0.15, 0.2) is 23.4 Å². The highest BCUT2D eigenvalue weighted by Gasteiger charge is 2.14. The molecule has 0 aromatic carbocycles. The maximum Gasteiger partial charge on any atom is 0.0615 e. The van der Waals surface area contributed by atoms with Gasteiger partial charge in [-0.3, -0.25) is 0 Å². The Kier molecular flexibility index (Phi) is 3.67. The zero-order valence-electron chi connectivity index (χ0n) is 7.76. The van der Waals surface area contributed by atoms with Crippen molar-refractivity contribution < 1.29 is 0 Å². The minimum atomic E-state index is 0.364. The van der Waals surface area contributed by atoms with Gasteiger partial charge in [0.15, 0.2) is 0 Å². The van der Waals surface area contributed by atoms with E-state index in [-0.39, 0.29) is 0 Å². The van der Waals surface area contributed by atoms with Crippen molar-refractivity contribution in [2.45, 2.75) is 32.7 Å². The molecule has 0 saturated heterocycles. The fourth-order valence-corrected chi connectivity index (χ4v) is 1.48. The first-order valence-electron chi connectivity index (χ1n) is 4.55. The number of hydrogen-bond donors (Lipinski definition) is 0. The van der Waals surface area contributed by atoms with Crippen LogP contribution < -0.4 is 0 Å². The van der Waals surface area contributed by atoms with Crippen LogP contribution in [-0.2, 0) is 0 Å². The molecule has 0 N–H and O–H groups in total. The lowest BCUT2D eigenvalue weighted by molar-refractivity contribution is 0.322. The van der Waals surface area contributed by atoms with Crippen LogP contribution in [0.2, 0.25) is 0 Å². The minimum absolute atomic E-state index is 0.364. The molecule has 68 valence electrons. The van der Waals surface area contributed by atoms with Crippen LogP contribution in [0.3, 0.4) is 0 Å². The van der Waals surface area contributed by atoms with E-state index in [9.17, 15) is 0 Å². The number of unbranched alkanes of at least 4 members (excludes halogenated alkanes) is 1. The molecule has 1 rings (SSSR count). The van der Waals surface area contributed by atoms with E-state index >= 15 is 0 Å². The molecule has 0 aromatic rings. The summed E-state index contributed by atoms with van der Waals surface area (Å²) in [6.45, 7) is 5.45. The van der Waals surface area contributed by atoms with E-state index in [4.69, 9.17) is 11.6 Å². The molecule has 1 aliphatic rings. The molecule has 0 bridgehead atoms. The smallest absolute Gasteiger partial charge is 0.0615 e. The molecule has 1 heterocycles. The van der Waals surface area contributed by atoms with Gasteiger partial charge >= 0.3 is 0 Å². The third-order valence-electron chi connectivity index (χ3n) is 2.20. The Balaban J connectivity index is 2.46. The van der Waals surface area contributed by atoms with Crippen LogP contribution in [-0.4, -0.2) is 17.5 Å². The quantitative estimate of drug-likeness (QED) is 0.653. The van der Waals surface area contributed by atoms with Crippen molar-refractivity contribution in [3.05, 3.63) is 23.4 Å². The average Bonchev–Trinajstić information content (AvgIpc) is 2.08. The largest absolute Gasteiger partial charge is 0.370 e. The lowest BCUT2D eigenvalue weighted by Gasteiger charge is -2.29. The van der Waals surface area contributed by atoms with Crippen molar-refractivity contribution in [3.63, 3.8) is 0 Å². The molecule has 0 aromatic heterocycles. The van der Waals surface area contributed by atoms with Gasteiger partial charge in [-0.1, -0.05) is 24.9 Å². The van der Waals surface area contributed by atoms with E-state index in [0.717, 1.165) is 11.6 Å². The number of hydrogen-bond acceptors (Lipinski definition) is 1. The normalized spacial score (nSPS) is 22.8. The summed E-state index contributed by atoms with van der Waals surface area (Å²) in [5.74, 6) is 0. The Labute approximate surface area is 79.7 Å². The molecule has 12 heavy (non-hydrogen) atoms. The molecule has 0 fully saturated rings. The lowest BCUT2D eigenvalue weighted by Crippen LogP contribution is -2.30. The van der Waals surface area contributed by atoms with E-state index in [1.807, 2.05) is 12.2 Å². The third-order valence-corrected chi connectivity index (χ3v) is 2.64. The van der Waals surface area contributed by atoms with Crippen molar-refractivity contribution >= 4 is 11.6 Å². The Morgan fingerprint density at radius 2 is 2.33 bits per heavy atom. The summed E-state index contributed by atoms with van der Waals surface area (Å²) in [6.07, 6.45) is 8.57. The van der Waals surface area contributed by atoms with Gasteiger partial charge in [-0.05, 0) is 31.7 Å². The van der Waals surface area contributed by atoms with Gasteiger partial charge in [-0.2, -0.15) is 0 Å². The van der Waals surface area contributed by atoms with Crippen molar-refractivity contribution in [2.24, 2.45) is 0 Å². The molecular weight excluding hydrogens is 170 g/mol. The molecule has 0 saturated carbocycles. The number of allylic oxidation sites excluding steroid dienone is 2. The van der Waals surface area contributed by atoms with E-state index in [1.54, 1.807) is 0 Å². The first-order valence-corrected chi connectivity index (χ1v) is 4.93.